The second kappa shape index (κ2) is 11.3. The van der Waals surface area contributed by atoms with Crippen molar-refractivity contribution >= 4 is 11.9 Å². The first-order valence-corrected chi connectivity index (χ1v) is 12.1. The number of hydrogen-bond donors (Lipinski definition) is 2. The number of amides is 1. The molecule has 0 spiro atoms. The molecule has 2 aliphatic rings. The maximum atomic E-state index is 12.5. The van der Waals surface area contributed by atoms with Crippen molar-refractivity contribution in [3.8, 4) is 0 Å². The zero-order chi connectivity index (χ0) is 22.9. The van der Waals surface area contributed by atoms with Crippen LogP contribution in [-0.4, -0.2) is 63.2 Å². The van der Waals surface area contributed by atoms with E-state index in [2.05, 4.69) is 70.2 Å². The lowest BCUT2D eigenvalue weighted by Gasteiger charge is -2.38. The van der Waals surface area contributed by atoms with Gasteiger partial charge in [0, 0.05) is 64.2 Å². The second-order valence-corrected chi connectivity index (χ2v) is 9.21. The van der Waals surface area contributed by atoms with Crippen LogP contribution in [0.15, 0.2) is 65.7 Å². The molecule has 2 N–H and O–H groups in total. The van der Waals surface area contributed by atoms with Crippen LogP contribution in [0.3, 0.4) is 0 Å². The van der Waals surface area contributed by atoms with Crippen LogP contribution in [0, 0.1) is 5.92 Å². The largest absolute Gasteiger partial charge is 0.381 e. The Hall–Kier alpha value is -2.86. The summed E-state index contributed by atoms with van der Waals surface area (Å²) >= 11 is 0. The van der Waals surface area contributed by atoms with Crippen molar-refractivity contribution in [3.63, 3.8) is 0 Å². The van der Waals surface area contributed by atoms with Gasteiger partial charge in [-0.25, -0.2) is 0 Å². The summed E-state index contributed by atoms with van der Waals surface area (Å²) in [5.74, 6) is 1.36. The third kappa shape index (κ3) is 6.14. The molecule has 0 radical (unpaired) electrons. The Morgan fingerprint density at radius 3 is 2.45 bits per heavy atom. The number of aliphatic imine (C=N–C) groups is 1. The standard InChI is InChI=1S/C27H36N4O2/c1-28-26(30-21-27(13-16-33-17-14-27)24-10-6-3-7-11-24)29-19-23-18-25(32)31(20-23)15-12-22-8-4-2-5-9-22/h2-11,23H,12-21H2,1H3,(H2,28,29,30). The molecule has 2 aromatic rings. The summed E-state index contributed by atoms with van der Waals surface area (Å²) in [5.41, 5.74) is 2.68. The molecule has 6 heteroatoms. The monoisotopic (exact) mass is 448 g/mol. The maximum absolute atomic E-state index is 12.5. The van der Waals surface area contributed by atoms with E-state index in [1.807, 2.05) is 11.0 Å². The van der Waals surface area contributed by atoms with E-state index in [-0.39, 0.29) is 11.3 Å². The van der Waals surface area contributed by atoms with Gasteiger partial charge < -0.3 is 20.3 Å². The third-order valence-corrected chi connectivity index (χ3v) is 7.02. The van der Waals surface area contributed by atoms with E-state index < -0.39 is 0 Å². The van der Waals surface area contributed by atoms with Crippen molar-refractivity contribution in [2.45, 2.75) is 31.1 Å². The summed E-state index contributed by atoms with van der Waals surface area (Å²) in [5, 5.41) is 7.02. The molecule has 2 fully saturated rings. The molecule has 2 saturated heterocycles. The third-order valence-electron chi connectivity index (χ3n) is 7.02. The molecule has 4 rings (SSSR count). The van der Waals surface area contributed by atoms with Crippen molar-refractivity contribution in [2.75, 3.05) is 46.4 Å². The molecular formula is C27H36N4O2. The molecule has 1 atom stereocenters. The van der Waals surface area contributed by atoms with E-state index in [0.717, 1.165) is 64.6 Å². The summed E-state index contributed by atoms with van der Waals surface area (Å²) in [4.78, 5) is 18.9. The molecule has 6 nitrogen and oxygen atoms in total. The van der Waals surface area contributed by atoms with Gasteiger partial charge >= 0.3 is 0 Å². The van der Waals surface area contributed by atoms with Crippen molar-refractivity contribution in [1.29, 1.82) is 0 Å². The molecule has 33 heavy (non-hydrogen) atoms. The summed E-state index contributed by atoms with van der Waals surface area (Å²) in [7, 11) is 1.81. The minimum absolute atomic E-state index is 0.0503. The molecule has 1 amide bonds. The Morgan fingerprint density at radius 1 is 1.06 bits per heavy atom. The van der Waals surface area contributed by atoms with Crippen LogP contribution >= 0.6 is 0 Å². The predicted octanol–water partition coefficient (Wildman–Crippen LogP) is 2.99. The number of guanidine groups is 1. The van der Waals surface area contributed by atoms with Crippen LogP contribution in [0.25, 0.3) is 0 Å². The van der Waals surface area contributed by atoms with Gasteiger partial charge in [-0.1, -0.05) is 60.7 Å². The van der Waals surface area contributed by atoms with Gasteiger partial charge in [0.1, 0.15) is 0 Å². The van der Waals surface area contributed by atoms with Gasteiger partial charge in [-0.15, -0.1) is 0 Å². The van der Waals surface area contributed by atoms with Crippen LogP contribution in [0.1, 0.15) is 30.4 Å². The number of hydrogen-bond acceptors (Lipinski definition) is 3. The number of likely N-dealkylation sites (tertiary alicyclic amines) is 1. The number of rotatable bonds is 8. The van der Waals surface area contributed by atoms with E-state index >= 15 is 0 Å². The highest BCUT2D eigenvalue weighted by Gasteiger charge is 2.35. The number of nitrogens with one attached hydrogen (secondary N) is 2. The molecule has 2 aromatic carbocycles. The van der Waals surface area contributed by atoms with Gasteiger partial charge in [0.2, 0.25) is 5.91 Å². The molecule has 0 saturated carbocycles. The van der Waals surface area contributed by atoms with Gasteiger partial charge in [-0.05, 0) is 30.4 Å². The molecule has 0 aromatic heterocycles. The highest BCUT2D eigenvalue weighted by Crippen LogP contribution is 2.34. The van der Waals surface area contributed by atoms with Crippen LogP contribution in [-0.2, 0) is 21.4 Å². The fourth-order valence-corrected chi connectivity index (χ4v) is 4.95. The van der Waals surface area contributed by atoms with Gasteiger partial charge in [0.25, 0.3) is 0 Å². The van der Waals surface area contributed by atoms with Crippen LogP contribution in [0.4, 0.5) is 0 Å². The number of ether oxygens (including phenoxy) is 1. The SMILES string of the molecule is CN=C(NCC1CC(=O)N(CCc2ccccc2)C1)NCC1(c2ccccc2)CCOCC1. The first-order chi connectivity index (χ1) is 16.2. The maximum Gasteiger partial charge on any atom is 0.223 e. The predicted molar refractivity (Wildman–Crippen MR) is 132 cm³/mol. The van der Waals surface area contributed by atoms with Crippen molar-refractivity contribution in [3.05, 3.63) is 71.8 Å². The number of nitrogens with zero attached hydrogens (tertiary/aromatic N) is 2. The highest BCUT2D eigenvalue weighted by molar-refractivity contribution is 5.81. The number of benzene rings is 2. The summed E-state index contributed by atoms with van der Waals surface area (Å²) in [6, 6.07) is 21.1. The van der Waals surface area contributed by atoms with Crippen molar-refractivity contribution in [1.82, 2.24) is 15.5 Å². The quantitative estimate of drug-likeness (QED) is 0.481. The molecule has 2 aliphatic heterocycles. The minimum Gasteiger partial charge on any atom is -0.381 e. The van der Waals surface area contributed by atoms with E-state index in [9.17, 15) is 4.79 Å². The van der Waals surface area contributed by atoms with Crippen molar-refractivity contribution < 1.29 is 9.53 Å². The molecular weight excluding hydrogens is 412 g/mol. The van der Waals surface area contributed by atoms with Gasteiger partial charge in [-0.3, -0.25) is 9.79 Å². The lowest BCUT2D eigenvalue weighted by Crippen LogP contribution is -2.48. The van der Waals surface area contributed by atoms with Gasteiger partial charge in [0.05, 0.1) is 0 Å². The van der Waals surface area contributed by atoms with Crippen LogP contribution in [0.2, 0.25) is 0 Å². The normalized spacial score (nSPS) is 20.6. The van der Waals surface area contributed by atoms with Gasteiger partial charge in [-0.2, -0.15) is 0 Å². The van der Waals surface area contributed by atoms with E-state index in [1.165, 1.54) is 11.1 Å². The fourth-order valence-electron chi connectivity index (χ4n) is 4.95. The van der Waals surface area contributed by atoms with Crippen LogP contribution in [0.5, 0.6) is 0 Å². The lowest BCUT2D eigenvalue weighted by atomic mass is 9.74. The van der Waals surface area contributed by atoms with E-state index in [1.54, 1.807) is 7.05 Å². The molecule has 0 aliphatic carbocycles. The zero-order valence-electron chi connectivity index (χ0n) is 19.6. The Balaban J connectivity index is 1.26. The summed E-state index contributed by atoms with van der Waals surface area (Å²) in [6.45, 7) is 4.72. The minimum atomic E-state index is 0.0503. The Labute approximate surface area is 197 Å². The number of carbonyl (C=O) groups is 1. The second-order valence-electron chi connectivity index (χ2n) is 9.21. The lowest BCUT2D eigenvalue weighted by molar-refractivity contribution is -0.127. The Kier molecular flexibility index (Phi) is 8.00. The molecule has 1 unspecified atom stereocenters. The van der Waals surface area contributed by atoms with Gasteiger partial charge in [0.15, 0.2) is 5.96 Å². The summed E-state index contributed by atoms with van der Waals surface area (Å²) in [6.07, 6.45) is 3.49. The Bertz CT molecular complexity index is 910. The first-order valence-electron chi connectivity index (χ1n) is 12.1. The van der Waals surface area contributed by atoms with E-state index in [4.69, 9.17) is 4.74 Å². The fraction of sp³-hybridized carbons (Fsp3) is 0.481. The number of carbonyl (C=O) groups excluding carboxylic acids is 1. The molecule has 176 valence electrons. The molecule has 2 heterocycles. The first kappa shape index (κ1) is 23.3. The topological polar surface area (TPSA) is 66.0 Å². The summed E-state index contributed by atoms with van der Waals surface area (Å²) < 4.78 is 5.65. The van der Waals surface area contributed by atoms with Crippen molar-refractivity contribution in [2.24, 2.45) is 10.9 Å². The molecule has 0 bridgehead atoms. The van der Waals surface area contributed by atoms with Crippen LogP contribution < -0.4 is 10.6 Å². The zero-order valence-corrected chi connectivity index (χ0v) is 19.6. The average molecular weight is 449 g/mol. The highest BCUT2D eigenvalue weighted by atomic mass is 16.5. The Morgan fingerprint density at radius 2 is 1.76 bits per heavy atom. The van der Waals surface area contributed by atoms with E-state index in [0.29, 0.717) is 12.3 Å². The average Bonchev–Trinajstić information content (AvgIpc) is 3.24. The smallest absolute Gasteiger partial charge is 0.223 e.